The van der Waals surface area contributed by atoms with E-state index in [2.05, 4.69) is 10.3 Å². The Balaban J connectivity index is 1.58. The third-order valence-corrected chi connectivity index (χ3v) is 4.78. The first-order valence-corrected chi connectivity index (χ1v) is 8.15. The van der Waals surface area contributed by atoms with E-state index in [1.807, 2.05) is 0 Å². The number of hydrogen-bond acceptors (Lipinski definition) is 3. The Labute approximate surface area is 132 Å². The largest absolute Gasteiger partial charge is 0.351 e. The number of carbonyl (C=O) groups is 1. The van der Waals surface area contributed by atoms with E-state index in [1.54, 1.807) is 24.3 Å². The van der Waals surface area contributed by atoms with Gasteiger partial charge in [0, 0.05) is 6.04 Å². The van der Waals surface area contributed by atoms with Crippen molar-refractivity contribution in [3.05, 3.63) is 45.1 Å². The quantitative estimate of drug-likeness (QED) is 0.863. The van der Waals surface area contributed by atoms with E-state index >= 15 is 0 Å². The molecule has 2 aliphatic carbocycles. The third kappa shape index (κ3) is 2.81. The molecule has 0 saturated heterocycles. The summed E-state index contributed by atoms with van der Waals surface area (Å²) in [5, 5.41) is 3.46. The summed E-state index contributed by atoms with van der Waals surface area (Å²) in [7, 11) is 0. The van der Waals surface area contributed by atoms with Crippen LogP contribution in [0.3, 0.4) is 0 Å². The van der Waals surface area contributed by atoms with Gasteiger partial charge in [0.2, 0.25) is 5.91 Å². The van der Waals surface area contributed by atoms with E-state index < -0.39 is 11.2 Å². The summed E-state index contributed by atoms with van der Waals surface area (Å²) in [5.41, 5.74) is -0.472. The normalized spacial score (nSPS) is 17.6. The second kappa shape index (κ2) is 5.37. The Morgan fingerprint density at radius 2 is 1.83 bits per heavy atom. The van der Waals surface area contributed by atoms with Gasteiger partial charge < -0.3 is 10.3 Å². The van der Waals surface area contributed by atoms with E-state index in [4.69, 9.17) is 0 Å². The fourth-order valence-corrected chi connectivity index (χ4v) is 3.25. The maximum absolute atomic E-state index is 12.4. The van der Waals surface area contributed by atoms with Crippen LogP contribution < -0.4 is 16.6 Å². The van der Waals surface area contributed by atoms with Crippen LogP contribution >= 0.6 is 0 Å². The molecule has 0 radical (unpaired) electrons. The molecule has 0 atom stereocenters. The summed E-state index contributed by atoms with van der Waals surface area (Å²) < 4.78 is 0.981. The molecule has 0 bridgehead atoms. The highest BCUT2D eigenvalue weighted by Crippen LogP contribution is 2.44. The fourth-order valence-electron chi connectivity index (χ4n) is 3.25. The van der Waals surface area contributed by atoms with E-state index in [1.165, 1.54) is 0 Å². The van der Waals surface area contributed by atoms with E-state index in [-0.39, 0.29) is 18.5 Å². The van der Waals surface area contributed by atoms with Crippen molar-refractivity contribution in [2.24, 2.45) is 11.8 Å². The second-order valence-corrected chi connectivity index (χ2v) is 6.64. The maximum Gasteiger partial charge on any atom is 0.329 e. The van der Waals surface area contributed by atoms with Crippen LogP contribution in [0.15, 0.2) is 33.9 Å². The molecule has 6 heteroatoms. The number of benzene rings is 1. The zero-order valence-electron chi connectivity index (χ0n) is 12.7. The van der Waals surface area contributed by atoms with Crippen molar-refractivity contribution in [3.63, 3.8) is 0 Å². The van der Waals surface area contributed by atoms with Gasteiger partial charge in [0.1, 0.15) is 6.54 Å². The van der Waals surface area contributed by atoms with E-state index in [0.717, 1.165) is 30.3 Å². The Bertz CT molecular complexity index is 863. The minimum Gasteiger partial charge on any atom is -0.351 e. The lowest BCUT2D eigenvalue weighted by molar-refractivity contribution is -0.122. The third-order valence-electron chi connectivity index (χ3n) is 4.78. The minimum absolute atomic E-state index is 0.220. The van der Waals surface area contributed by atoms with Gasteiger partial charge in [-0.2, -0.15) is 0 Å². The molecular formula is C17H19N3O3. The first-order chi connectivity index (χ1) is 11.1. The number of aromatic nitrogens is 2. The lowest BCUT2D eigenvalue weighted by atomic mass is 10.1. The Morgan fingerprint density at radius 3 is 2.48 bits per heavy atom. The highest BCUT2D eigenvalue weighted by Gasteiger charge is 2.42. The Hall–Kier alpha value is -2.37. The van der Waals surface area contributed by atoms with Crippen molar-refractivity contribution in [1.29, 1.82) is 0 Å². The minimum atomic E-state index is -0.543. The number of nitrogens with zero attached hydrogens (tertiary/aromatic N) is 1. The molecule has 2 aromatic rings. The van der Waals surface area contributed by atoms with Crippen molar-refractivity contribution >= 4 is 16.8 Å². The highest BCUT2D eigenvalue weighted by atomic mass is 16.2. The van der Waals surface area contributed by atoms with Gasteiger partial charge in [-0.3, -0.25) is 14.2 Å². The molecule has 0 unspecified atom stereocenters. The first-order valence-electron chi connectivity index (χ1n) is 8.15. The summed E-state index contributed by atoms with van der Waals surface area (Å²) in [6, 6.07) is 7.04. The fraction of sp³-hybridized carbons (Fsp3) is 0.471. The molecule has 120 valence electrons. The molecule has 1 amide bonds. The van der Waals surface area contributed by atoms with Gasteiger partial charge in [0.05, 0.1) is 10.9 Å². The Kier molecular flexibility index (Phi) is 3.32. The number of rotatable bonds is 5. The van der Waals surface area contributed by atoms with Crippen molar-refractivity contribution in [3.8, 4) is 0 Å². The summed E-state index contributed by atoms with van der Waals surface area (Å²) in [6.07, 6.45) is 4.66. The smallest absolute Gasteiger partial charge is 0.329 e. The van der Waals surface area contributed by atoms with Crippen molar-refractivity contribution in [2.45, 2.75) is 38.3 Å². The van der Waals surface area contributed by atoms with Crippen LogP contribution in [0.25, 0.3) is 10.9 Å². The number of fused-ring (bicyclic) bond motifs is 1. The van der Waals surface area contributed by atoms with E-state index in [9.17, 15) is 14.4 Å². The summed E-state index contributed by atoms with van der Waals surface area (Å²) in [5.74, 6) is 0.910. The van der Waals surface area contributed by atoms with Crippen LogP contribution in [-0.2, 0) is 11.3 Å². The van der Waals surface area contributed by atoms with Gasteiger partial charge in [-0.15, -0.1) is 0 Å². The second-order valence-electron chi connectivity index (χ2n) is 6.64. The van der Waals surface area contributed by atoms with Crippen molar-refractivity contribution in [1.82, 2.24) is 14.9 Å². The number of nitrogens with one attached hydrogen (secondary N) is 2. The molecule has 2 saturated carbocycles. The molecule has 1 aromatic carbocycles. The van der Waals surface area contributed by atoms with Crippen molar-refractivity contribution < 1.29 is 4.79 Å². The molecule has 0 spiro atoms. The number of aromatic amines is 1. The average Bonchev–Trinajstić information content (AvgIpc) is 3.42. The van der Waals surface area contributed by atoms with Gasteiger partial charge in [-0.25, -0.2) is 4.79 Å². The molecule has 6 nitrogen and oxygen atoms in total. The molecule has 1 aromatic heterocycles. The number of H-pyrrole nitrogens is 1. The number of carbonyl (C=O) groups excluding carboxylic acids is 1. The predicted octanol–water partition coefficient (Wildman–Crippen LogP) is 0.995. The van der Waals surface area contributed by atoms with Crippen LogP contribution in [0.4, 0.5) is 0 Å². The molecule has 2 N–H and O–H groups in total. The van der Waals surface area contributed by atoms with Crippen LogP contribution in [0.2, 0.25) is 0 Å². The highest BCUT2D eigenvalue weighted by molar-refractivity contribution is 5.79. The standard InChI is InChI=1S/C17H19N3O3/c21-14(19-15(10-5-6-10)11-7-8-11)9-20-16(22)12-3-1-2-4-13(12)18-17(20)23/h1-4,10-11,15H,5-9H2,(H,18,23)(H,19,21). The zero-order valence-corrected chi connectivity index (χ0v) is 12.7. The molecule has 0 aliphatic heterocycles. The zero-order chi connectivity index (χ0) is 16.0. The van der Waals surface area contributed by atoms with Gasteiger partial charge in [0.15, 0.2) is 0 Å². The average molecular weight is 313 g/mol. The number of hydrogen-bond donors (Lipinski definition) is 2. The molecular weight excluding hydrogens is 294 g/mol. The van der Waals surface area contributed by atoms with E-state index in [0.29, 0.717) is 22.7 Å². The summed E-state index contributed by atoms with van der Waals surface area (Å²) in [6.45, 7) is -0.227. The maximum atomic E-state index is 12.4. The lowest BCUT2D eigenvalue weighted by Crippen LogP contribution is -2.44. The van der Waals surface area contributed by atoms with Crippen LogP contribution in [-0.4, -0.2) is 21.5 Å². The molecule has 2 fully saturated rings. The van der Waals surface area contributed by atoms with Crippen LogP contribution in [0.1, 0.15) is 25.7 Å². The lowest BCUT2D eigenvalue weighted by Gasteiger charge is -2.17. The van der Waals surface area contributed by atoms with Gasteiger partial charge in [0.25, 0.3) is 5.56 Å². The molecule has 1 heterocycles. The van der Waals surface area contributed by atoms with Gasteiger partial charge >= 0.3 is 5.69 Å². The van der Waals surface area contributed by atoms with Crippen LogP contribution in [0.5, 0.6) is 0 Å². The number of amides is 1. The topological polar surface area (TPSA) is 84.0 Å². The molecule has 4 rings (SSSR count). The van der Waals surface area contributed by atoms with Crippen molar-refractivity contribution in [2.75, 3.05) is 0 Å². The summed E-state index contributed by atoms with van der Waals surface area (Å²) in [4.78, 5) is 39.5. The number of para-hydroxylation sites is 1. The van der Waals surface area contributed by atoms with Gasteiger partial charge in [-0.1, -0.05) is 12.1 Å². The SMILES string of the molecule is O=C(Cn1c(=O)[nH]c2ccccc2c1=O)NC(C1CC1)C1CC1. The molecule has 2 aliphatic rings. The monoisotopic (exact) mass is 313 g/mol. The first kappa shape index (κ1) is 14.2. The molecule has 23 heavy (non-hydrogen) atoms. The summed E-state index contributed by atoms with van der Waals surface area (Å²) >= 11 is 0. The van der Waals surface area contributed by atoms with Crippen LogP contribution in [0, 0.1) is 11.8 Å². The predicted molar refractivity (Wildman–Crippen MR) is 86.2 cm³/mol. The Morgan fingerprint density at radius 1 is 1.17 bits per heavy atom. The van der Waals surface area contributed by atoms with Gasteiger partial charge in [-0.05, 0) is 49.7 Å².